The summed E-state index contributed by atoms with van der Waals surface area (Å²) in [4.78, 5) is 2.02. The maximum absolute atomic E-state index is 12.8. The predicted octanol–water partition coefficient (Wildman–Crippen LogP) is 3.04. The van der Waals surface area contributed by atoms with Gasteiger partial charge in [0.15, 0.2) is 0 Å². The van der Waals surface area contributed by atoms with Crippen molar-refractivity contribution in [3.8, 4) is 5.75 Å². The first-order valence-corrected chi connectivity index (χ1v) is 14.5. The minimum Gasteiger partial charge on any atom is -0.490 e. The molecule has 2 aromatic carbocycles. The Balaban J connectivity index is 1.70. The summed E-state index contributed by atoms with van der Waals surface area (Å²) in [7, 11) is -7.38. The second-order valence-electron chi connectivity index (χ2n) is 8.34. The van der Waals surface area contributed by atoms with Crippen LogP contribution >= 0.6 is 0 Å². The van der Waals surface area contributed by atoms with E-state index in [2.05, 4.69) is 0 Å². The SMILES string of the molecule is CCS(=O)(=O)N(C/C=C/c1cccc(S(N)(=O)=O)c1)c1ccc(OC2CCN(C(C)=N)CC2)cc1. The monoisotopic (exact) mass is 520 g/mol. The Kier molecular flexibility index (Phi) is 8.57. The van der Waals surface area contributed by atoms with E-state index in [1.165, 1.54) is 16.4 Å². The number of benzene rings is 2. The smallest absolute Gasteiger partial charge is 0.238 e. The van der Waals surface area contributed by atoms with Gasteiger partial charge in [-0.25, -0.2) is 22.0 Å². The Morgan fingerprint density at radius 1 is 1.14 bits per heavy atom. The molecule has 1 saturated heterocycles. The number of rotatable bonds is 9. The van der Waals surface area contributed by atoms with Crippen molar-refractivity contribution < 1.29 is 21.6 Å². The summed E-state index contributed by atoms with van der Waals surface area (Å²) in [6, 6.07) is 13.1. The van der Waals surface area contributed by atoms with Crippen LogP contribution in [0, 0.1) is 5.41 Å². The Morgan fingerprint density at radius 2 is 1.80 bits per heavy atom. The van der Waals surface area contributed by atoms with Gasteiger partial charge in [0, 0.05) is 25.9 Å². The van der Waals surface area contributed by atoms with Gasteiger partial charge in [0.1, 0.15) is 11.9 Å². The number of ether oxygens (including phenoxy) is 1. The van der Waals surface area contributed by atoms with E-state index in [0.29, 0.717) is 22.8 Å². The number of nitrogens with zero attached hydrogens (tertiary/aromatic N) is 2. The van der Waals surface area contributed by atoms with Gasteiger partial charge in [0.25, 0.3) is 0 Å². The number of amidine groups is 1. The number of anilines is 1. The van der Waals surface area contributed by atoms with E-state index >= 15 is 0 Å². The maximum Gasteiger partial charge on any atom is 0.238 e. The average Bonchev–Trinajstić information content (AvgIpc) is 2.82. The molecular weight excluding hydrogens is 488 g/mol. The van der Waals surface area contributed by atoms with E-state index in [1.807, 2.05) is 4.90 Å². The van der Waals surface area contributed by atoms with Crippen molar-refractivity contribution in [3.63, 3.8) is 0 Å². The first-order valence-electron chi connectivity index (χ1n) is 11.4. The van der Waals surface area contributed by atoms with Crippen molar-refractivity contribution in [2.75, 3.05) is 29.7 Å². The fourth-order valence-electron chi connectivity index (χ4n) is 3.81. The van der Waals surface area contributed by atoms with Crippen LogP contribution < -0.4 is 14.2 Å². The molecule has 0 atom stereocenters. The number of hydrogen-bond acceptors (Lipinski definition) is 6. The fraction of sp³-hybridized carbons (Fsp3) is 0.375. The summed E-state index contributed by atoms with van der Waals surface area (Å²) in [5.74, 6) is 1.17. The predicted molar refractivity (Wildman–Crippen MR) is 139 cm³/mol. The van der Waals surface area contributed by atoms with E-state index in [1.54, 1.807) is 62.4 Å². The molecule has 0 bridgehead atoms. The Labute approximate surface area is 207 Å². The minimum absolute atomic E-state index is 0.00749. The third-order valence-electron chi connectivity index (χ3n) is 5.81. The summed E-state index contributed by atoms with van der Waals surface area (Å²) < 4.78 is 56.0. The molecule has 0 spiro atoms. The van der Waals surface area contributed by atoms with Gasteiger partial charge in [-0.05, 0) is 55.8 Å². The molecule has 9 nitrogen and oxygen atoms in total. The first kappa shape index (κ1) is 26.7. The molecule has 0 saturated carbocycles. The molecule has 3 N–H and O–H groups in total. The van der Waals surface area contributed by atoms with Gasteiger partial charge < -0.3 is 9.64 Å². The number of nitrogens with one attached hydrogen (secondary N) is 1. The van der Waals surface area contributed by atoms with Crippen LogP contribution in [0.4, 0.5) is 5.69 Å². The highest BCUT2D eigenvalue weighted by atomic mass is 32.2. The van der Waals surface area contributed by atoms with Gasteiger partial charge in [0.05, 0.1) is 28.7 Å². The second kappa shape index (κ2) is 11.2. The van der Waals surface area contributed by atoms with Crippen molar-refractivity contribution in [3.05, 3.63) is 60.2 Å². The zero-order chi connectivity index (χ0) is 25.6. The lowest BCUT2D eigenvalue weighted by Gasteiger charge is -2.32. The van der Waals surface area contributed by atoms with E-state index in [9.17, 15) is 16.8 Å². The van der Waals surface area contributed by atoms with Crippen LogP contribution in [0.1, 0.15) is 32.3 Å². The van der Waals surface area contributed by atoms with E-state index in [0.717, 1.165) is 25.9 Å². The Morgan fingerprint density at radius 3 is 2.37 bits per heavy atom. The molecule has 2 aromatic rings. The molecule has 0 amide bonds. The molecule has 1 heterocycles. The molecule has 0 radical (unpaired) electrons. The van der Waals surface area contributed by atoms with Gasteiger partial charge in [-0.2, -0.15) is 0 Å². The van der Waals surface area contributed by atoms with Crippen LogP contribution in [-0.4, -0.2) is 59.1 Å². The van der Waals surface area contributed by atoms with Crippen LogP contribution in [0.3, 0.4) is 0 Å². The van der Waals surface area contributed by atoms with E-state index < -0.39 is 20.0 Å². The quantitative estimate of drug-likeness (QED) is 0.386. The van der Waals surface area contributed by atoms with Crippen LogP contribution in [0.15, 0.2) is 59.5 Å². The molecule has 1 fully saturated rings. The molecule has 35 heavy (non-hydrogen) atoms. The van der Waals surface area contributed by atoms with Crippen LogP contribution in [0.2, 0.25) is 0 Å². The summed E-state index contributed by atoms with van der Waals surface area (Å²) in [6.45, 7) is 5.02. The molecule has 0 unspecified atom stereocenters. The van der Waals surface area contributed by atoms with Crippen LogP contribution in [-0.2, 0) is 20.0 Å². The number of sulfonamides is 2. The highest BCUT2D eigenvalue weighted by Crippen LogP contribution is 2.25. The summed E-state index contributed by atoms with van der Waals surface area (Å²) in [6.07, 6.45) is 5.03. The first-order chi connectivity index (χ1) is 16.5. The molecule has 190 valence electrons. The lowest BCUT2D eigenvalue weighted by atomic mass is 10.1. The van der Waals surface area contributed by atoms with Crippen molar-refractivity contribution >= 4 is 37.6 Å². The molecule has 3 rings (SSSR count). The summed E-state index contributed by atoms with van der Waals surface area (Å²) in [5.41, 5.74) is 1.11. The zero-order valence-corrected chi connectivity index (χ0v) is 21.6. The van der Waals surface area contributed by atoms with Gasteiger partial charge in [-0.15, -0.1) is 0 Å². The van der Waals surface area contributed by atoms with Crippen molar-refractivity contribution in [2.45, 2.75) is 37.7 Å². The van der Waals surface area contributed by atoms with Crippen molar-refractivity contribution in [2.24, 2.45) is 5.14 Å². The molecule has 11 heteroatoms. The van der Waals surface area contributed by atoms with Gasteiger partial charge in [0.2, 0.25) is 20.0 Å². The summed E-state index contributed by atoms with van der Waals surface area (Å²) in [5, 5.41) is 12.9. The van der Waals surface area contributed by atoms with Gasteiger partial charge >= 0.3 is 0 Å². The normalized spacial score (nSPS) is 15.3. The lowest BCUT2D eigenvalue weighted by molar-refractivity contribution is 0.130. The fourth-order valence-corrected chi connectivity index (χ4v) is 5.44. The topological polar surface area (TPSA) is 134 Å². The van der Waals surface area contributed by atoms with Gasteiger partial charge in [-0.1, -0.05) is 24.3 Å². The Hall–Kier alpha value is -2.89. The minimum atomic E-state index is -3.82. The number of primary sulfonamides is 1. The Bertz CT molecular complexity index is 1270. The molecule has 1 aliphatic rings. The van der Waals surface area contributed by atoms with Crippen LogP contribution in [0.25, 0.3) is 6.08 Å². The molecule has 0 aromatic heterocycles. The third kappa shape index (κ3) is 7.30. The number of hydrogen-bond donors (Lipinski definition) is 2. The largest absolute Gasteiger partial charge is 0.490 e. The number of likely N-dealkylation sites (tertiary alicyclic amines) is 1. The highest BCUT2D eigenvalue weighted by molar-refractivity contribution is 7.92. The van der Waals surface area contributed by atoms with Crippen molar-refractivity contribution in [1.82, 2.24) is 4.90 Å². The molecular formula is C24H32N4O5S2. The molecule has 1 aliphatic heterocycles. The number of nitrogens with two attached hydrogens (primary N) is 1. The third-order valence-corrected chi connectivity index (χ3v) is 8.48. The highest BCUT2D eigenvalue weighted by Gasteiger charge is 2.22. The van der Waals surface area contributed by atoms with Crippen LogP contribution in [0.5, 0.6) is 5.75 Å². The summed E-state index contributed by atoms with van der Waals surface area (Å²) >= 11 is 0. The van der Waals surface area contributed by atoms with Gasteiger partial charge in [-0.3, -0.25) is 9.71 Å². The average molecular weight is 521 g/mol. The lowest BCUT2D eigenvalue weighted by Crippen LogP contribution is -2.40. The van der Waals surface area contributed by atoms with E-state index in [-0.39, 0.29) is 23.3 Å². The number of piperidine rings is 1. The maximum atomic E-state index is 12.8. The van der Waals surface area contributed by atoms with E-state index in [4.69, 9.17) is 15.3 Å². The zero-order valence-electron chi connectivity index (χ0n) is 19.9. The standard InChI is InChI=1S/C24H32N4O5S2/c1-3-34(29,30)28(15-5-7-20-6-4-8-24(18-20)35(26,31)32)21-9-11-22(12-10-21)33-23-13-16-27(17-14-23)19(2)25/h4-12,18,23,25H,3,13-17H2,1-2H3,(H2,26,31,32)/b7-5+,25-19?. The second-order valence-corrected chi connectivity index (χ2v) is 12.1. The van der Waals surface area contributed by atoms with Crippen molar-refractivity contribution in [1.29, 1.82) is 5.41 Å². The molecule has 0 aliphatic carbocycles.